The summed E-state index contributed by atoms with van der Waals surface area (Å²) in [5.41, 5.74) is 1.76. The van der Waals surface area contributed by atoms with Gasteiger partial charge in [0, 0.05) is 12.6 Å². The summed E-state index contributed by atoms with van der Waals surface area (Å²) in [5, 5.41) is 8.89. The molecule has 0 aliphatic heterocycles. The first kappa shape index (κ1) is 14.7. The summed E-state index contributed by atoms with van der Waals surface area (Å²) in [4.78, 5) is 14.0. The average molecular weight is 282 g/mol. The number of halogens is 1. The molecule has 2 rings (SSSR count). The molecule has 2 aromatic rings. The van der Waals surface area contributed by atoms with E-state index in [4.69, 9.17) is 5.26 Å². The van der Waals surface area contributed by atoms with Gasteiger partial charge in [-0.25, -0.2) is 4.39 Å². The third-order valence-corrected chi connectivity index (χ3v) is 3.49. The number of carbonyl (C=O) groups is 1. The Morgan fingerprint density at radius 2 is 1.90 bits per heavy atom. The zero-order valence-electron chi connectivity index (χ0n) is 11.9. The minimum atomic E-state index is -0.304. The van der Waals surface area contributed by atoms with Crippen molar-refractivity contribution in [3.05, 3.63) is 71.0 Å². The Bertz CT molecular complexity index is 689. The van der Waals surface area contributed by atoms with Gasteiger partial charge >= 0.3 is 0 Å². The molecule has 0 saturated carbocycles. The van der Waals surface area contributed by atoms with Crippen molar-refractivity contribution in [1.29, 1.82) is 5.26 Å². The molecule has 0 N–H and O–H groups in total. The van der Waals surface area contributed by atoms with Gasteiger partial charge in [0.2, 0.25) is 0 Å². The van der Waals surface area contributed by atoms with E-state index in [0.717, 1.165) is 5.56 Å². The van der Waals surface area contributed by atoms with Crippen molar-refractivity contribution in [2.45, 2.75) is 13.0 Å². The lowest BCUT2D eigenvalue weighted by Crippen LogP contribution is -2.29. The van der Waals surface area contributed by atoms with Crippen LogP contribution in [0.1, 0.15) is 34.5 Å². The van der Waals surface area contributed by atoms with Crippen LogP contribution >= 0.6 is 0 Å². The molecule has 21 heavy (non-hydrogen) atoms. The van der Waals surface area contributed by atoms with Gasteiger partial charge in [0.15, 0.2) is 0 Å². The molecule has 4 heteroatoms. The van der Waals surface area contributed by atoms with E-state index in [-0.39, 0.29) is 17.8 Å². The molecule has 0 aliphatic carbocycles. The smallest absolute Gasteiger partial charge is 0.254 e. The quantitative estimate of drug-likeness (QED) is 0.864. The number of carbonyl (C=O) groups excluding carboxylic acids is 1. The van der Waals surface area contributed by atoms with Crippen LogP contribution in [0.4, 0.5) is 4.39 Å². The van der Waals surface area contributed by atoms with E-state index in [1.54, 1.807) is 48.3 Å². The zero-order chi connectivity index (χ0) is 15.4. The van der Waals surface area contributed by atoms with Crippen LogP contribution in [0.3, 0.4) is 0 Å². The van der Waals surface area contributed by atoms with Crippen LogP contribution in [-0.4, -0.2) is 17.9 Å². The van der Waals surface area contributed by atoms with Crippen LogP contribution in [0, 0.1) is 17.1 Å². The number of benzene rings is 2. The normalized spacial score (nSPS) is 11.5. The van der Waals surface area contributed by atoms with Crippen molar-refractivity contribution in [3.8, 4) is 6.07 Å². The van der Waals surface area contributed by atoms with Gasteiger partial charge < -0.3 is 4.90 Å². The van der Waals surface area contributed by atoms with Gasteiger partial charge in [0.25, 0.3) is 5.91 Å². The molecule has 0 aromatic heterocycles. The standard InChI is InChI=1S/C17H15FN2O/c1-12(14-6-8-16(18)9-7-14)20(2)17(21)15-5-3-4-13(10-15)11-19/h3-10,12H,1-2H3. The van der Waals surface area contributed by atoms with Gasteiger partial charge in [-0.2, -0.15) is 5.26 Å². The highest BCUT2D eigenvalue weighted by Crippen LogP contribution is 2.21. The monoisotopic (exact) mass is 282 g/mol. The van der Waals surface area contributed by atoms with E-state index in [9.17, 15) is 9.18 Å². The molecule has 1 unspecified atom stereocenters. The number of hydrogen-bond donors (Lipinski definition) is 0. The number of hydrogen-bond acceptors (Lipinski definition) is 2. The fourth-order valence-electron chi connectivity index (χ4n) is 2.07. The van der Waals surface area contributed by atoms with E-state index < -0.39 is 0 Å². The Kier molecular flexibility index (Phi) is 4.34. The summed E-state index contributed by atoms with van der Waals surface area (Å²) < 4.78 is 12.9. The van der Waals surface area contributed by atoms with Gasteiger partial charge in [-0.3, -0.25) is 4.79 Å². The number of rotatable bonds is 3. The first-order chi connectivity index (χ1) is 10.0. The van der Waals surface area contributed by atoms with E-state index in [1.165, 1.54) is 12.1 Å². The third-order valence-electron chi connectivity index (χ3n) is 3.49. The molecule has 1 atom stereocenters. The average Bonchev–Trinajstić information content (AvgIpc) is 2.53. The second kappa shape index (κ2) is 6.19. The highest BCUT2D eigenvalue weighted by atomic mass is 19.1. The predicted octanol–water partition coefficient (Wildman–Crippen LogP) is 3.53. The van der Waals surface area contributed by atoms with Gasteiger partial charge in [-0.1, -0.05) is 18.2 Å². The Labute approximate surface area is 123 Å². The zero-order valence-corrected chi connectivity index (χ0v) is 11.9. The van der Waals surface area contributed by atoms with Crippen molar-refractivity contribution < 1.29 is 9.18 Å². The molecule has 0 aliphatic rings. The largest absolute Gasteiger partial charge is 0.335 e. The Hall–Kier alpha value is -2.67. The van der Waals surface area contributed by atoms with Gasteiger partial charge in [-0.05, 0) is 42.8 Å². The molecular formula is C17H15FN2O. The molecule has 0 bridgehead atoms. The van der Waals surface area contributed by atoms with Crippen molar-refractivity contribution in [2.75, 3.05) is 7.05 Å². The van der Waals surface area contributed by atoms with Gasteiger partial charge in [0.1, 0.15) is 5.82 Å². The summed E-state index contributed by atoms with van der Waals surface area (Å²) in [6.45, 7) is 1.87. The first-order valence-corrected chi connectivity index (χ1v) is 6.55. The molecular weight excluding hydrogens is 267 g/mol. The maximum atomic E-state index is 12.9. The second-order valence-corrected chi connectivity index (χ2v) is 4.84. The Morgan fingerprint density at radius 1 is 1.24 bits per heavy atom. The molecule has 106 valence electrons. The van der Waals surface area contributed by atoms with Crippen molar-refractivity contribution in [3.63, 3.8) is 0 Å². The Morgan fingerprint density at radius 3 is 2.52 bits per heavy atom. The summed E-state index contributed by atoms with van der Waals surface area (Å²) in [5.74, 6) is -0.481. The van der Waals surface area contributed by atoms with Crippen LogP contribution in [0.5, 0.6) is 0 Å². The molecule has 0 fully saturated rings. The minimum absolute atomic E-state index is 0.177. The summed E-state index contributed by atoms with van der Waals surface area (Å²) >= 11 is 0. The predicted molar refractivity (Wildman–Crippen MR) is 78.1 cm³/mol. The molecule has 3 nitrogen and oxygen atoms in total. The maximum Gasteiger partial charge on any atom is 0.254 e. The Balaban J connectivity index is 2.22. The van der Waals surface area contributed by atoms with Crippen molar-refractivity contribution in [1.82, 2.24) is 4.90 Å². The lowest BCUT2D eigenvalue weighted by Gasteiger charge is -2.25. The number of nitrogens with zero attached hydrogens (tertiary/aromatic N) is 2. The molecule has 0 heterocycles. The van der Waals surface area contributed by atoms with E-state index in [0.29, 0.717) is 11.1 Å². The highest BCUT2D eigenvalue weighted by Gasteiger charge is 2.19. The molecule has 2 aromatic carbocycles. The second-order valence-electron chi connectivity index (χ2n) is 4.84. The van der Waals surface area contributed by atoms with Crippen molar-refractivity contribution >= 4 is 5.91 Å². The lowest BCUT2D eigenvalue weighted by atomic mass is 10.1. The summed E-state index contributed by atoms with van der Waals surface area (Å²) in [6.07, 6.45) is 0. The van der Waals surface area contributed by atoms with E-state index >= 15 is 0 Å². The van der Waals surface area contributed by atoms with Crippen LogP contribution in [0.25, 0.3) is 0 Å². The number of amides is 1. The highest BCUT2D eigenvalue weighted by molar-refractivity contribution is 5.94. The summed E-state index contributed by atoms with van der Waals surface area (Å²) in [7, 11) is 1.69. The van der Waals surface area contributed by atoms with Crippen LogP contribution < -0.4 is 0 Å². The fraction of sp³-hybridized carbons (Fsp3) is 0.176. The molecule has 0 saturated heterocycles. The van der Waals surface area contributed by atoms with Crippen LogP contribution in [0.15, 0.2) is 48.5 Å². The first-order valence-electron chi connectivity index (χ1n) is 6.55. The minimum Gasteiger partial charge on any atom is -0.335 e. The maximum absolute atomic E-state index is 12.9. The van der Waals surface area contributed by atoms with E-state index in [1.807, 2.05) is 13.0 Å². The molecule has 0 spiro atoms. The van der Waals surface area contributed by atoms with Crippen molar-refractivity contribution in [2.24, 2.45) is 0 Å². The van der Waals surface area contributed by atoms with E-state index in [2.05, 4.69) is 0 Å². The topological polar surface area (TPSA) is 44.1 Å². The fourth-order valence-corrected chi connectivity index (χ4v) is 2.07. The number of nitriles is 1. The van der Waals surface area contributed by atoms with Crippen LogP contribution in [-0.2, 0) is 0 Å². The molecule has 1 amide bonds. The van der Waals surface area contributed by atoms with Gasteiger partial charge in [0.05, 0.1) is 17.7 Å². The lowest BCUT2D eigenvalue weighted by molar-refractivity contribution is 0.0742. The third kappa shape index (κ3) is 3.26. The SMILES string of the molecule is CC(c1ccc(F)cc1)N(C)C(=O)c1cccc(C#N)c1. The van der Waals surface area contributed by atoms with Crippen LogP contribution in [0.2, 0.25) is 0 Å². The van der Waals surface area contributed by atoms with Gasteiger partial charge in [-0.15, -0.1) is 0 Å². The molecule has 0 radical (unpaired) electrons. The summed E-state index contributed by atoms with van der Waals surface area (Å²) in [6, 6.07) is 14.5.